The predicted octanol–water partition coefficient (Wildman–Crippen LogP) is 1.06. The zero-order valence-corrected chi connectivity index (χ0v) is 8.61. The van der Waals surface area contributed by atoms with E-state index in [1.54, 1.807) is 6.20 Å². The Balaban J connectivity index is 2.14. The van der Waals surface area contributed by atoms with Gasteiger partial charge in [0.25, 0.3) is 0 Å². The van der Waals surface area contributed by atoms with Crippen LogP contribution < -0.4 is 10.6 Å². The van der Waals surface area contributed by atoms with Crippen molar-refractivity contribution in [2.75, 3.05) is 18.0 Å². The first-order valence-corrected chi connectivity index (χ1v) is 5.12. The van der Waals surface area contributed by atoms with Gasteiger partial charge in [0.05, 0.1) is 0 Å². The van der Waals surface area contributed by atoms with Gasteiger partial charge < -0.3 is 10.6 Å². The van der Waals surface area contributed by atoms with Gasteiger partial charge in [-0.3, -0.25) is 0 Å². The minimum Gasteiger partial charge on any atom is -0.355 e. The third-order valence-corrected chi connectivity index (χ3v) is 2.58. The van der Waals surface area contributed by atoms with Crippen molar-refractivity contribution in [3.63, 3.8) is 0 Å². The van der Waals surface area contributed by atoms with Gasteiger partial charge >= 0.3 is 0 Å². The normalized spacial score (nSPS) is 22.4. The zero-order valence-electron chi connectivity index (χ0n) is 7.86. The molecule has 2 N–H and O–H groups in total. The van der Waals surface area contributed by atoms with E-state index >= 15 is 0 Å². The minimum absolute atomic E-state index is 0.248. The predicted molar refractivity (Wildman–Crippen MR) is 56.5 cm³/mol. The lowest BCUT2D eigenvalue weighted by Gasteiger charge is -2.31. The maximum atomic E-state index is 5.88. The number of piperidine rings is 1. The molecule has 0 aliphatic carbocycles. The Morgan fingerprint density at radius 1 is 1.57 bits per heavy atom. The Labute approximate surface area is 88.1 Å². The summed E-state index contributed by atoms with van der Waals surface area (Å²) in [4.78, 5) is 10.2. The van der Waals surface area contributed by atoms with Gasteiger partial charge in [0, 0.05) is 25.3 Å². The molecule has 5 heteroatoms. The lowest BCUT2D eigenvalue weighted by molar-refractivity contribution is 0.503. The molecule has 0 bridgehead atoms. The van der Waals surface area contributed by atoms with Crippen molar-refractivity contribution in [3.8, 4) is 0 Å². The Morgan fingerprint density at radius 3 is 3.14 bits per heavy atom. The van der Waals surface area contributed by atoms with Gasteiger partial charge in [0.2, 0.25) is 5.28 Å². The topological polar surface area (TPSA) is 55.0 Å². The fraction of sp³-hybridized carbons (Fsp3) is 0.556. The van der Waals surface area contributed by atoms with Crippen LogP contribution >= 0.6 is 11.6 Å². The average molecular weight is 213 g/mol. The smallest absolute Gasteiger partial charge is 0.224 e. The summed E-state index contributed by atoms with van der Waals surface area (Å²) < 4.78 is 0. The molecular formula is C9H13ClN4. The standard InChI is InChI=1S/C9H13ClN4/c10-9-12-4-3-8(13-9)14-5-1-2-7(11)6-14/h3-4,7H,1-2,5-6,11H2/t7-/m1/s1. The fourth-order valence-corrected chi connectivity index (χ4v) is 1.86. The van der Waals surface area contributed by atoms with Crippen LogP contribution in [-0.4, -0.2) is 29.1 Å². The number of hydrogen-bond acceptors (Lipinski definition) is 4. The highest BCUT2D eigenvalue weighted by atomic mass is 35.5. The molecule has 0 amide bonds. The highest BCUT2D eigenvalue weighted by Gasteiger charge is 2.17. The molecule has 14 heavy (non-hydrogen) atoms. The zero-order chi connectivity index (χ0) is 9.97. The van der Waals surface area contributed by atoms with Gasteiger partial charge in [-0.2, -0.15) is 0 Å². The van der Waals surface area contributed by atoms with Crippen LogP contribution in [0.4, 0.5) is 5.82 Å². The Kier molecular flexibility index (Phi) is 2.84. The number of rotatable bonds is 1. The molecule has 4 nitrogen and oxygen atoms in total. The summed E-state index contributed by atoms with van der Waals surface area (Å²) in [5, 5.41) is 0.293. The van der Waals surface area contributed by atoms with Crippen LogP contribution in [0.2, 0.25) is 5.28 Å². The molecule has 1 atom stereocenters. The summed E-state index contributed by atoms with van der Waals surface area (Å²) in [7, 11) is 0. The summed E-state index contributed by atoms with van der Waals surface area (Å²) in [6.07, 6.45) is 3.88. The minimum atomic E-state index is 0.248. The summed E-state index contributed by atoms with van der Waals surface area (Å²) in [6, 6.07) is 2.11. The molecule has 76 valence electrons. The number of nitrogens with zero attached hydrogens (tertiary/aromatic N) is 3. The summed E-state index contributed by atoms with van der Waals surface area (Å²) in [5.74, 6) is 0.875. The highest BCUT2D eigenvalue weighted by molar-refractivity contribution is 6.28. The van der Waals surface area contributed by atoms with Crippen molar-refractivity contribution >= 4 is 17.4 Å². The van der Waals surface area contributed by atoms with Crippen LogP contribution in [0.3, 0.4) is 0 Å². The monoisotopic (exact) mass is 212 g/mol. The third-order valence-electron chi connectivity index (χ3n) is 2.39. The second-order valence-electron chi connectivity index (χ2n) is 3.53. The number of halogens is 1. The summed E-state index contributed by atoms with van der Waals surface area (Å²) in [5.41, 5.74) is 5.88. The van der Waals surface area contributed by atoms with Gasteiger partial charge in [-0.25, -0.2) is 9.97 Å². The van der Waals surface area contributed by atoms with Crippen LogP contribution in [0.25, 0.3) is 0 Å². The lowest BCUT2D eigenvalue weighted by atomic mass is 10.1. The van der Waals surface area contributed by atoms with E-state index in [1.165, 1.54) is 0 Å². The maximum absolute atomic E-state index is 5.88. The van der Waals surface area contributed by atoms with Crippen molar-refractivity contribution < 1.29 is 0 Å². The second-order valence-corrected chi connectivity index (χ2v) is 3.87. The van der Waals surface area contributed by atoms with Gasteiger partial charge in [0.1, 0.15) is 5.82 Å². The number of aromatic nitrogens is 2. The summed E-state index contributed by atoms with van der Waals surface area (Å²) >= 11 is 5.72. The first-order valence-electron chi connectivity index (χ1n) is 4.75. The van der Waals surface area contributed by atoms with Gasteiger partial charge in [0.15, 0.2) is 0 Å². The molecule has 1 aromatic heterocycles. The van der Waals surface area contributed by atoms with E-state index in [-0.39, 0.29) is 6.04 Å². The largest absolute Gasteiger partial charge is 0.355 e. The molecule has 2 rings (SSSR count). The quantitative estimate of drug-likeness (QED) is 0.708. The molecular weight excluding hydrogens is 200 g/mol. The van der Waals surface area contributed by atoms with E-state index in [9.17, 15) is 0 Å². The number of hydrogen-bond donors (Lipinski definition) is 1. The van der Waals surface area contributed by atoms with E-state index in [0.717, 1.165) is 31.7 Å². The Hall–Kier alpha value is -0.870. The first kappa shape index (κ1) is 9.68. The van der Waals surface area contributed by atoms with Gasteiger partial charge in [-0.15, -0.1) is 0 Å². The van der Waals surface area contributed by atoms with Crippen LogP contribution in [0.15, 0.2) is 12.3 Å². The molecule has 1 aromatic rings. The van der Waals surface area contributed by atoms with Crippen LogP contribution in [0.1, 0.15) is 12.8 Å². The van der Waals surface area contributed by atoms with Crippen molar-refractivity contribution in [2.24, 2.45) is 5.73 Å². The molecule has 1 aliphatic heterocycles. The highest BCUT2D eigenvalue weighted by Crippen LogP contribution is 2.17. The van der Waals surface area contributed by atoms with Gasteiger partial charge in [-0.1, -0.05) is 0 Å². The molecule has 0 saturated carbocycles. The fourth-order valence-electron chi connectivity index (χ4n) is 1.72. The average Bonchev–Trinajstić information content (AvgIpc) is 2.18. The molecule has 0 unspecified atom stereocenters. The van der Waals surface area contributed by atoms with E-state index in [4.69, 9.17) is 17.3 Å². The maximum Gasteiger partial charge on any atom is 0.224 e. The molecule has 2 heterocycles. The van der Waals surface area contributed by atoms with Gasteiger partial charge in [-0.05, 0) is 30.5 Å². The van der Waals surface area contributed by atoms with E-state index in [2.05, 4.69) is 14.9 Å². The Bertz CT molecular complexity index is 317. The van der Waals surface area contributed by atoms with Crippen molar-refractivity contribution in [2.45, 2.75) is 18.9 Å². The van der Waals surface area contributed by atoms with Crippen molar-refractivity contribution in [1.29, 1.82) is 0 Å². The second kappa shape index (κ2) is 4.11. The van der Waals surface area contributed by atoms with Crippen LogP contribution in [0.5, 0.6) is 0 Å². The number of anilines is 1. The van der Waals surface area contributed by atoms with Crippen LogP contribution in [0, 0.1) is 0 Å². The molecule has 1 saturated heterocycles. The van der Waals surface area contributed by atoms with E-state index in [1.807, 2.05) is 6.07 Å². The molecule has 0 spiro atoms. The third kappa shape index (κ3) is 2.13. The summed E-state index contributed by atoms with van der Waals surface area (Å²) in [6.45, 7) is 1.86. The van der Waals surface area contributed by atoms with Crippen molar-refractivity contribution in [3.05, 3.63) is 17.5 Å². The molecule has 0 radical (unpaired) electrons. The van der Waals surface area contributed by atoms with Crippen LogP contribution in [-0.2, 0) is 0 Å². The SMILES string of the molecule is N[C@@H]1CCCN(c2ccnc(Cl)n2)C1. The molecule has 1 fully saturated rings. The van der Waals surface area contributed by atoms with Crippen molar-refractivity contribution in [1.82, 2.24) is 9.97 Å². The molecule has 0 aromatic carbocycles. The number of nitrogens with two attached hydrogens (primary N) is 1. The Morgan fingerprint density at radius 2 is 2.43 bits per heavy atom. The lowest BCUT2D eigenvalue weighted by Crippen LogP contribution is -2.43. The molecule has 1 aliphatic rings. The van der Waals surface area contributed by atoms with E-state index < -0.39 is 0 Å². The van der Waals surface area contributed by atoms with E-state index in [0.29, 0.717) is 5.28 Å². The first-order chi connectivity index (χ1) is 6.75.